The third-order valence-electron chi connectivity index (χ3n) is 5.47. The number of allylic oxidation sites excluding steroid dienone is 3. The smallest absolute Gasteiger partial charge is 0.183 e. The molecular formula is C22H25ClO4. The molecule has 1 saturated carbocycles. The number of aliphatic hydroxyl groups excluding tert-OH is 1. The van der Waals surface area contributed by atoms with E-state index < -0.39 is 34.4 Å². The first-order valence-corrected chi connectivity index (χ1v) is 9.22. The molecule has 0 heterocycles. The molecule has 0 aromatic heterocycles. The predicted octanol–water partition coefficient (Wildman–Crippen LogP) is 5.11. The number of Topliss-reactive ketones (excluding diaryl/α,β-unsaturated/α-hetero) is 3. The van der Waals surface area contributed by atoms with E-state index in [2.05, 4.69) is 0 Å². The van der Waals surface area contributed by atoms with Gasteiger partial charge in [-0.05, 0) is 77.3 Å². The van der Waals surface area contributed by atoms with E-state index >= 15 is 0 Å². The van der Waals surface area contributed by atoms with Gasteiger partial charge in [-0.3, -0.25) is 14.4 Å². The molecule has 0 bridgehead atoms. The van der Waals surface area contributed by atoms with Crippen molar-refractivity contribution in [2.75, 3.05) is 0 Å². The van der Waals surface area contributed by atoms with Crippen molar-refractivity contribution in [3.63, 3.8) is 0 Å². The maximum Gasteiger partial charge on any atom is 0.183 e. The second-order valence-corrected chi connectivity index (χ2v) is 8.26. The highest BCUT2D eigenvalue weighted by Crippen LogP contribution is 2.39. The Morgan fingerprint density at radius 2 is 1.67 bits per heavy atom. The summed E-state index contributed by atoms with van der Waals surface area (Å²) >= 11 is 6.37. The minimum atomic E-state index is -1.35. The molecule has 1 unspecified atom stereocenters. The lowest BCUT2D eigenvalue weighted by Gasteiger charge is -2.31. The lowest BCUT2D eigenvalue weighted by Crippen LogP contribution is -2.48. The molecule has 0 spiro atoms. The summed E-state index contributed by atoms with van der Waals surface area (Å²) in [6, 6.07) is 3.23. The van der Waals surface area contributed by atoms with E-state index in [0.29, 0.717) is 16.1 Å². The van der Waals surface area contributed by atoms with Gasteiger partial charge in [0, 0.05) is 10.6 Å². The number of ketones is 3. The number of benzene rings is 1. The Hall–Kier alpha value is -2.20. The van der Waals surface area contributed by atoms with Crippen molar-refractivity contribution < 1.29 is 19.5 Å². The molecule has 1 aromatic rings. The van der Waals surface area contributed by atoms with Crippen molar-refractivity contribution in [1.82, 2.24) is 0 Å². The van der Waals surface area contributed by atoms with E-state index in [1.165, 1.54) is 20.8 Å². The van der Waals surface area contributed by atoms with E-state index in [1.54, 1.807) is 19.1 Å². The Morgan fingerprint density at radius 3 is 2.19 bits per heavy atom. The molecule has 0 radical (unpaired) electrons. The number of carbonyl (C=O) groups is 3. The summed E-state index contributed by atoms with van der Waals surface area (Å²) in [7, 11) is 0. The van der Waals surface area contributed by atoms with Crippen LogP contribution in [-0.4, -0.2) is 22.5 Å². The summed E-state index contributed by atoms with van der Waals surface area (Å²) in [4.78, 5) is 37.8. The highest BCUT2D eigenvalue weighted by molar-refractivity contribution is 6.39. The Bertz CT molecular complexity index is 928. The molecule has 5 heteroatoms. The number of hydrogen-bond donors (Lipinski definition) is 1. The standard InChI is InChI=1S/C22H25ClO4/c1-10(2)11(3)16-12(4)14(8-9-15(16)23)19(25)17-18(24)13(5)20(26)22(6,7)21(17)27/h8-9,13,25H,1-7H3. The van der Waals surface area contributed by atoms with Gasteiger partial charge in [0.15, 0.2) is 17.3 Å². The Kier molecular flexibility index (Phi) is 5.53. The third-order valence-corrected chi connectivity index (χ3v) is 5.79. The van der Waals surface area contributed by atoms with Crippen LogP contribution in [0.25, 0.3) is 11.3 Å². The first-order valence-electron chi connectivity index (χ1n) is 8.84. The predicted molar refractivity (Wildman–Crippen MR) is 108 cm³/mol. The number of halogens is 1. The summed E-state index contributed by atoms with van der Waals surface area (Å²) in [6.45, 7) is 12.1. The van der Waals surface area contributed by atoms with E-state index in [1.807, 2.05) is 20.8 Å². The van der Waals surface area contributed by atoms with Crippen molar-refractivity contribution >= 4 is 40.3 Å². The number of carbonyl (C=O) groups excluding carboxylic acids is 3. The zero-order valence-electron chi connectivity index (χ0n) is 16.8. The van der Waals surface area contributed by atoms with Gasteiger partial charge < -0.3 is 5.11 Å². The Balaban J connectivity index is 2.80. The zero-order chi connectivity index (χ0) is 20.8. The number of aliphatic hydroxyl groups is 1. The van der Waals surface area contributed by atoms with Gasteiger partial charge in [-0.15, -0.1) is 0 Å². The van der Waals surface area contributed by atoms with E-state index in [9.17, 15) is 19.5 Å². The number of hydrogen-bond acceptors (Lipinski definition) is 4. The molecule has 2 rings (SSSR count). The van der Waals surface area contributed by atoms with Crippen LogP contribution in [-0.2, 0) is 14.4 Å². The summed E-state index contributed by atoms with van der Waals surface area (Å²) in [5, 5.41) is 11.4. The molecule has 0 saturated heterocycles. The molecule has 144 valence electrons. The Morgan fingerprint density at radius 1 is 1.11 bits per heavy atom. The molecule has 1 N–H and O–H groups in total. The SMILES string of the molecule is CC(C)=C(C)c1c(Cl)ccc(C(O)=C2C(=O)C(C)C(=O)C(C)(C)C2=O)c1C. The first kappa shape index (κ1) is 21.1. The normalized spacial score (nSPS) is 21.3. The fourth-order valence-electron chi connectivity index (χ4n) is 3.42. The average molecular weight is 389 g/mol. The minimum Gasteiger partial charge on any atom is -0.506 e. The van der Waals surface area contributed by atoms with Gasteiger partial charge in [-0.2, -0.15) is 0 Å². The van der Waals surface area contributed by atoms with Crippen LogP contribution in [0.4, 0.5) is 0 Å². The van der Waals surface area contributed by atoms with Gasteiger partial charge >= 0.3 is 0 Å². The van der Waals surface area contributed by atoms with Crippen LogP contribution in [0.5, 0.6) is 0 Å². The third kappa shape index (κ3) is 3.27. The second-order valence-electron chi connectivity index (χ2n) is 7.85. The molecule has 1 aliphatic carbocycles. The van der Waals surface area contributed by atoms with Gasteiger partial charge in [0.05, 0.1) is 11.3 Å². The quantitative estimate of drug-likeness (QED) is 0.330. The van der Waals surface area contributed by atoms with Gasteiger partial charge in [0.1, 0.15) is 11.3 Å². The molecule has 4 nitrogen and oxygen atoms in total. The van der Waals surface area contributed by atoms with Gasteiger partial charge in [-0.1, -0.05) is 17.2 Å². The topological polar surface area (TPSA) is 71.4 Å². The number of rotatable bonds is 2. The minimum absolute atomic E-state index is 0.307. The molecule has 1 atom stereocenters. The van der Waals surface area contributed by atoms with Crippen LogP contribution < -0.4 is 0 Å². The summed E-state index contributed by atoms with van der Waals surface area (Å²) < 4.78 is 0. The van der Waals surface area contributed by atoms with Crippen LogP contribution in [0.2, 0.25) is 5.02 Å². The van der Waals surface area contributed by atoms with Crippen molar-refractivity contribution in [2.45, 2.75) is 48.5 Å². The fraction of sp³-hybridized carbons (Fsp3) is 0.409. The second kappa shape index (κ2) is 7.08. The maximum absolute atomic E-state index is 12.8. The zero-order valence-corrected chi connectivity index (χ0v) is 17.5. The monoisotopic (exact) mass is 388 g/mol. The van der Waals surface area contributed by atoms with Crippen molar-refractivity contribution in [1.29, 1.82) is 0 Å². The lowest BCUT2D eigenvalue weighted by molar-refractivity contribution is -0.145. The largest absolute Gasteiger partial charge is 0.506 e. The molecule has 1 fully saturated rings. The van der Waals surface area contributed by atoms with Crippen LogP contribution in [0, 0.1) is 18.3 Å². The van der Waals surface area contributed by atoms with Gasteiger partial charge in [0.2, 0.25) is 0 Å². The maximum atomic E-state index is 12.8. The van der Waals surface area contributed by atoms with Crippen molar-refractivity contribution in [3.8, 4) is 0 Å². The summed E-state index contributed by atoms with van der Waals surface area (Å²) in [5.74, 6) is -3.08. The van der Waals surface area contributed by atoms with Gasteiger partial charge in [-0.25, -0.2) is 0 Å². The van der Waals surface area contributed by atoms with Crippen LogP contribution in [0.1, 0.15) is 58.2 Å². The molecule has 1 aliphatic rings. The van der Waals surface area contributed by atoms with E-state index in [0.717, 1.165) is 16.7 Å². The van der Waals surface area contributed by atoms with Crippen LogP contribution in [0.15, 0.2) is 23.3 Å². The molecule has 0 amide bonds. The molecule has 27 heavy (non-hydrogen) atoms. The van der Waals surface area contributed by atoms with Gasteiger partial charge in [0.25, 0.3) is 0 Å². The van der Waals surface area contributed by atoms with Crippen LogP contribution >= 0.6 is 11.6 Å². The molecular weight excluding hydrogens is 364 g/mol. The van der Waals surface area contributed by atoms with Crippen molar-refractivity contribution in [2.24, 2.45) is 11.3 Å². The van der Waals surface area contributed by atoms with Crippen LogP contribution in [0.3, 0.4) is 0 Å². The van der Waals surface area contributed by atoms with E-state index in [-0.39, 0.29) is 5.57 Å². The summed E-state index contributed by atoms with van der Waals surface area (Å²) in [6.07, 6.45) is 0. The molecule has 0 aliphatic heterocycles. The highest BCUT2D eigenvalue weighted by Gasteiger charge is 2.50. The molecule has 1 aromatic carbocycles. The fourth-order valence-corrected chi connectivity index (χ4v) is 3.76. The first-order chi connectivity index (χ1) is 12.3. The average Bonchev–Trinajstić information content (AvgIpc) is 2.58. The summed E-state index contributed by atoms with van der Waals surface area (Å²) in [5.41, 5.74) is 2.17. The Labute approximate surface area is 164 Å². The highest BCUT2D eigenvalue weighted by atomic mass is 35.5. The van der Waals surface area contributed by atoms with Crippen molar-refractivity contribution in [3.05, 3.63) is 45.0 Å². The lowest BCUT2D eigenvalue weighted by atomic mass is 9.67. The van der Waals surface area contributed by atoms with E-state index in [4.69, 9.17) is 11.6 Å².